The Hall–Kier alpha value is -1.94. The fourth-order valence-corrected chi connectivity index (χ4v) is 13.4. The molecule has 0 fully saturated rings. The second-order valence-electron chi connectivity index (χ2n) is 29.2. The van der Waals surface area contributed by atoms with Gasteiger partial charge in [-0.1, -0.05) is 344 Å². The Labute approximate surface area is 588 Å². The minimum atomic E-state index is -4.96. The Morgan fingerprint density at radius 1 is 0.281 bits per heavy atom. The largest absolute Gasteiger partial charge is 0.472 e. The Morgan fingerprint density at radius 3 is 0.708 bits per heavy atom. The van der Waals surface area contributed by atoms with Crippen LogP contribution in [-0.4, -0.2) is 96.7 Å². The Morgan fingerprint density at radius 2 is 0.479 bits per heavy atom. The van der Waals surface area contributed by atoms with Gasteiger partial charge >= 0.3 is 39.5 Å². The average Bonchev–Trinajstić information content (AvgIpc) is 1.92. The Bertz CT molecular complexity index is 1870. The quantitative estimate of drug-likeness (QED) is 0.0222. The minimum Gasteiger partial charge on any atom is -0.462 e. The van der Waals surface area contributed by atoms with Gasteiger partial charge in [-0.25, -0.2) is 9.13 Å². The fraction of sp³-hybridized carbons (Fsp3) is 0.948. The third-order valence-corrected chi connectivity index (χ3v) is 19.8. The standard InChI is InChI=1S/C77H150O17P2/c1-8-9-10-11-12-13-14-15-16-19-23-26-29-32-35-44-51-58-74(79)87-64-72(93-76(81)60-53-46-36-33-30-27-24-21-18-17-20-22-25-28-31-34-41-48-55-68(2)3)66-91-95(83,84)89-62-71(78)63-90-96(85,86)92-67-73(94-77(82)61-54-47-40-38-43-50-57-70(6)7)65-88-75(80)59-52-45-39-37-42-49-56-69(4)5/h68-73,78H,8-67H2,1-7H3,(H,83,84)(H,85,86)/t71-,72-,73-/m1/s1. The molecule has 5 atom stereocenters. The van der Waals surface area contributed by atoms with E-state index in [1.807, 2.05) is 0 Å². The average molecular weight is 1410 g/mol. The lowest BCUT2D eigenvalue weighted by atomic mass is 10.0. The van der Waals surface area contributed by atoms with Crippen molar-refractivity contribution < 1.29 is 80.2 Å². The maximum absolute atomic E-state index is 13.1. The molecule has 0 aromatic rings. The zero-order valence-electron chi connectivity index (χ0n) is 62.8. The van der Waals surface area contributed by atoms with Crippen LogP contribution in [0.1, 0.15) is 395 Å². The van der Waals surface area contributed by atoms with E-state index in [0.29, 0.717) is 37.5 Å². The first kappa shape index (κ1) is 94.1. The molecule has 96 heavy (non-hydrogen) atoms. The fourth-order valence-electron chi connectivity index (χ4n) is 11.8. The number of aliphatic hydroxyl groups is 1. The van der Waals surface area contributed by atoms with Crippen LogP contribution in [0, 0.1) is 17.8 Å². The lowest BCUT2D eigenvalue weighted by Gasteiger charge is -2.21. The van der Waals surface area contributed by atoms with E-state index in [1.165, 1.54) is 199 Å². The van der Waals surface area contributed by atoms with Gasteiger partial charge < -0.3 is 33.8 Å². The third kappa shape index (κ3) is 70.5. The molecule has 0 radical (unpaired) electrons. The maximum Gasteiger partial charge on any atom is 0.472 e. The van der Waals surface area contributed by atoms with Crippen LogP contribution in [0.5, 0.6) is 0 Å². The van der Waals surface area contributed by atoms with Crippen molar-refractivity contribution in [2.24, 2.45) is 17.8 Å². The molecule has 570 valence electrons. The van der Waals surface area contributed by atoms with Crippen LogP contribution in [-0.2, 0) is 65.4 Å². The van der Waals surface area contributed by atoms with Crippen LogP contribution in [0.25, 0.3) is 0 Å². The number of phosphoric ester groups is 2. The topological polar surface area (TPSA) is 237 Å². The van der Waals surface area contributed by atoms with Gasteiger partial charge in [0.2, 0.25) is 0 Å². The van der Waals surface area contributed by atoms with Crippen molar-refractivity contribution in [1.82, 2.24) is 0 Å². The SMILES string of the molecule is CCCCCCCCCCCCCCCCCCCC(=O)OC[C@H](COP(=O)(O)OC[C@@H](O)COP(=O)(O)OC[C@@H](COC(=O)CCCCCCCCC(C)C)OC(=O)CCCCCCCCC(C)C)OC(=O)CCCCCCCCCCCCCCCCCCCCC(C)C. The Balaban J connectivity index is 5.17. The lowest BCUT2D eigenvalue weighted by molar-refractivity contribution is -0.161. The summed E-state index contributed by atoms with van der Waals surface area (Å²) in [6, 6.07) is 0. The lowest BCUT2D eigenvalue weighted by Crippen LogP contribution is -2.30. The summed E-state index contributed by atoms with van der Waals surface area (Å²) < 4.78 is 68.4. The number of hydrogen-bond acceptors (Lipinski definition) is 15. The number of aliphatic hydroxyl groups excluding tert-OH is 1. The molecule has 0 saturated heterocycles. The van der Waals surface area contributed by atoms with Crippen molar-refractivity contribution in [3.05, 3.63) is 0 Å². The van der Waals surface area contributed by atoms with Gasteiger partial charge in [0, 0.05) is 25.7 Å². The van der Waals surface area contributed by atoms with Gasteiger partial charge in [-0.15, -0.1) is 0 Å². The van der Waals surface area contributed by atoms with E-state index in [-0.39, 0.29) is 25.7 Å². The van der Waals surface area contributed by atoms with Crippen molar-refractivity contribution in [2.75, 3.05) is 39.6 Å². The summed E-state index contributed by atoms with van der Waals surface area (Å²) in [6.07, 6.45) is 54.7. The summed E-state index contributed by atoms with van der Waals surface area (Å²) in [6.45, 7) is 11.8. The molecular formula is C77H150O17P2. The first-order valence-electron chi connectivity index (χ1n) is 39.8. The highest BCUT2D eigenvalue weighted by molar-refractivity contribution is 7.47. The smallest absolute Gasteiger partial charge is 0.462 e. The molecule has 0 rings (SSSR count). The molecule has 0 aliphatic carbocycles. The van der Waals surface area contributed by atoms with E-state index in [1.54, 1.807) is 0 Å². The number of hydrogen-bond donors (Lipinski definition) is 3. The van der Waals surface area contributed by atoms with E-state index >= 15 is 0 Å². The summed E-state index contributed by atoms with van der Waals surface area (Å²) in [5.41, 5.74) is 0. The molecule has 3 N–H and O–H groups in total. The van der Waals surface area contributed by atoms with Crippen molar-refractivity contribution in [1.29, 1.82) is 0 Å². The van der Waals surface area contributed by atoms with E-state index in [9.17, 15) is 43.2 Å². The van der Waals surface area contributed by atoms with Gasteiger partial charge in [0.05, 0.1) is 26.4 Å². The minimum absolute atomic E-state index is 0.101. The second-order valence-corrected chi connectivity index (χ2v) is 32.1. The van der Waals surface area contributed by atoms with Gasteiger partial charge in [-0.05, 0) is 43.4 Å². The Kier molecular flexibility index (Phi) is 66.2. The highest BCUT2D eigenvalue weighted by Crippen LogP contribution is 2.45. The molecule has 0 heterocycles. The van der Waals surface area contributed by atoms with E-state index < -0.39 is 97.5 Å². The molecule has 0 aromatic carbocycles. The van der Waals surface area contributed by atoms with Gasteiger partial charge in [0.15, 0.2) is 12.2 Å². The molecule has 0 bridgehead atoms. The van der Waals surface area contributed by atoms with Crippen LogP contribution in [0.4, 0.5) is 0 Å². The zero-order chi connectivity index (χ0) is 70.9. The summed E-state index contributed by atoms with van der Waals surface area (Å²) in [4.78, 5) is 72.7. The molecule has 0 aromatic heterocycles. The number of ether oxygens (including phenoxy) is 4. The first-order chi connectivity index (χ1) is 46.2. The van der Waals surface area contributed by atoms with Crippen molar-refractivity contribution >= 4 is 39.5 Å². The van der Waals surface area contributed by atoms with Gasteiger partial charge in [0.1, 0.15) is 19.3 Å². The van der Waals surface area contributed by atoms with Crippen LogP contribution in [0.2, 0.25) is 0 Å². The maximum atomic E-state index is 13.1. The van der Waals surface area contributed by atoms with Gasteiger partial charge in [0.25, 0.3) is 0 Å². The highest BCUT2D eigenvalue weighted by Gasteiger charge is 2.30. The predicted octanol–water partition coefficient (Wildman–Crippen LogP) is 22.6. The molecule has 19 heteroatoms. The molecule has 0 aliphatic heterocycles. The van der Waals surface area contributed by atoms with Crippen LogP contribution in [0.15, 0.2) is 0 Å². The van der Waals surface area contributed by atoms with Gasteiger partial charge in [-0.3, -0.25) is 37.3 Å². The molecule has 0 aliphatic rings. The summed E-state index contributed by atoms with van der Waals surface area (Å²) in [7, 11) is -9.91. The summed E-state index contributed by atoms with van der Waals surface area (Å²) in [5, 5.41) is 10.6. The highest BCUT2D eigenvalue weighted by atomic mass is 31.2. The molecule has 2 unspecified atom stereocenters. The predicted molar refractivity (Wildman–Crippen MR) is 391 cm³/mol. The monoisotopic (exact) mass is 1410 g/mol. The van der Waals surface area contributed by atoms with Gasteiger partial charge in [-0.2, -0.15) is 0 Å². The second kappa shape index (κ2) is 67.5. The summed E-state index contributed by atoms with van der Waals surface area (Å²) in [5.74, 6) is 0.0450. The number of unbranched alkanes of at least 4 members (excludes halogenated alkanes) is 43. The third-order valence-electron chi connectivity index (χ3n) is 17.9. The van der Waals surface area contributed by atoms with Crippen molar-refractivity contribution in [3.63, 3.8) is 0 Å². The first-order valence-corrected chi connectivity index (χ1v) is 42.8. The summed E-state index contributed by atoms with van der Waals surface area (Å²) >= 11 is 0. The van der Waals surface area contributed by atoms with Crippen LogP contribution < -0.4 is 0 Å². The molecule has 17 nitrogen and oxygen atoms in total. The number of carbonyl (C=O) groups excluding carboxylic acids is 4. The molecule has 0 saturated carbocycles. The normalized spacial score (nSPS) is 14.1. The van der Waals surface area contributed by atoms with Crippen molar-refractivity contribution in [3.8, 4) is 0 Å². The number of carbonyl (C=O) groups is 4. The number of esters is 4. The van der Waals surface area contributed by atoms with Crippen LogP contribution >= 0.6 is 15.6 Å². The van der Waals surface area contributed by atoms with Crippen LogP contribution in [0.3, 0.4) is 0 Å². The van der Waals surface area contributed by atoms with E-state index in [0.717, 1.165) is 102 Å². The van der Waals surface area contributed by atoms with Crippen molar-refractivity contribution in [2.45, 2.75) is 414 Å². The molecule has 0 amide bonds. The number of rotatable bonds is 75. The number of phosphoric acid groups is 2. The zero-order valence-corrected chi connectivity index (χ0v) is 64.6. The van der Waals surface area contributed by atoms with E-state index in [2.05, 4.69) is 48.5 Å². The molecular weight excluding hydrogens is 1260 g/mol. The molecule has 0 spiro atoms. The van der Waals surface area contributed by atoms with E-state index in [4.69, 9.17) is 37.0 Å².